The first-order valence-corrected chi connectivity index (χ1v) is 7.66. The fourth-order valence-electron chi connectivity index (χ4n) is 2.57. The van der Waals surface area contributed by atoms with Gasteiger partial charge in [0.2, 0.25) is 5.91 Å². The van der Waals surface area contributed by atoms with E-state index in [1.807, 2.05) is 19.1 Å². The van der Waals surface area contributed by atoms with E-state index in [9.17, 15) is 4.79 Å². The molecule has 1 heterocycles. The molecule has 0 aromatic heterocycles. The first-order valence-electron chi connectivity index (χ1n) is 7.66. The van der Waals surface area contributed by atoms with Crippen LogP contribution in [-0.2, 0) is 17.8 Å². The van der Waals surface area contributed by atoms with Crippen LogP contribution < -0.4 is 5.32 Å². The third-order valence-corrected chi connectivity index (χ3v) is 3.71. The zero-order chi connectivity index (χ0) is 14.9. The van der Waals surface area contributed by atoms with Crippen molar-refractivity contribution in [2.45, 2.75) is 26.3 Å². The summed E-state index contributed by atoms with van der Waals surface area (Å²) in [5.74, 6) is -0.0166. The van der Waals surface area contributed by atoms with Crippen molar-refractivity contribution in [3.8, 4) is 0 Å². The van der Waals surface area contributed by atoms with E-state index < -0.39 is 0 Å². The Morgan fingerprint density at radius 2 is 2.10 bits per heavy atom. The quantitative estimate of drug-likeness (QED) is 0.495. The molecule has 1 aliphatic rings. The van der Waals surface area contributed by atoms with Gasteiger partial charge >= 0.3 is 0 Å². The summed E-state index contributed by atoms with van der Waals surface area (Å²) in [6.45, 7) is 5.85. The first-order chi connectivity index (χ1) is 10.3. The first kappa shape index (κ1) is 15.5. The Labute approximate surface area is 127 Å². The molecule has 0 radical (unpaired) electrons. The number of nitrogens with one attached hydrogen (secondary N) is 1. The Balaban J connectivity index is 1.65. The predicted octanol–water partition coefficient (Wildman–Crippen LogP) is 2.68. The van der Waals surface area contributed by atoms with Gasteiger partial charge in [-0.15, -0.1) is 0 Å². The molecule has 1 aromatic rings. The second-order valence-electron chi connectivity index (χ2n) is 5.32. The molecule has 0 atom stereocenters. The molecule has 1 amide bonds. The van der Waals surface area contributed by atoms with E-state index in [-0.39, 0.29) is 5.91 Å². The van der Waals surface area contributed by atoms with Gasteiger partial charge in [-0.3, -0.25) is 9.69 Å². The molecule has 0 fully saturated rings. The summed E-state index contributed by atoms with van der Waals surface area (Å²) in [5.41, 5.74) is 2.93. The van der Waals surface area contributed by atoms with E-state index in [0.29, 0.717) is 0 Å². The van der Waals surface area contributed by atoms with Gasteiger partial charge in [0, 0.05) is 32.3 Å². The minimum atomic E-state index is -0.0166. The number of nitrogens with zero attached hydrogens (tertiary/aromatic N) is 1. The van der Waals surface area contributed by atoms with E-state index >= 15 is 0 Å². The molecular weight excluding hydrogens is 260 g/mol. The largest absolute Gasteiger partial charge is 0.353 e. The van der Waals surface area contributed by atoms with Crippen LogP contribution in [0.15, 0.2) is 48.6 Å². The van der Waals surface area contributed by atoms with Gasteiger partial charge < -0.3 is 5.32 Å². The van der Waals surface area contributed by atoms with Crippen LogP contribution in [0.3, 0.4) is 0 Å². The minimum absolute atomic E-state index is 0.0166. The van der Waals surface area contributed by atoms with Crippen molar-refractivity contribution in [2.24, 2.45) is 0 Å². The Bertz CT molecular complexity index is 520. The number of rotatable bonds is 6. The monoisotopic (exact) mass is 284 g/mol. The van der Waals surface area contributed by atoms with Gasteiger partial charge in [-0.1, -0.05) is 42.5 Å². The normalized spacial score (nSPS) is 15.5. The Morgan fingerprint density at radius 1 is 1.29 bits per heavy atom. The average Bonchev–Trinajstić information content (AvgIpc) is 2.52. The maximum Gasteiger partial charge on any atom is 0.243 e. The van der Waals surface area contributed by atoms with Crippen molar-refractivity contribution in [1.82, 2.24) is 10.2 Å². The standard InChI is InChI=1S/C18H24N2O/c1-2-3-4-10-18(21)19-12-7-13-20-14-11-16-8-5-6-9-17(16)15-20/h2-6,8-10H,7,11-15H2,1H3,(H,19,21)/b3-2+,10-4-. The maximum atomic E-state index is 11.5. The van der Waals surface area contributed by atoms with Crippen molar-refractivity contribution in [3.05, 3.63) is 59.7 Å². The third kappa shape index (κ3) is 5.20. The Hall–Kier alpha value is -1.87. The minimum Gasteiger partial charge on any atom is -0.353 e. The summed E-state index contributed by atoms with van der Waals surface area (Å²) in [7, 11) is 0. The highest BCUT2D eigenvalue weighted by atomic mass is 16.1. The lowest BCUT2D eigenvalue weighted by Gasteiger charge is -2.28. The highest BCUT2D eigenvalue weighted by molar-refractivity contribution is 5.87. The van der Waals surface area contributed by atoms with Crippen LogP contribution in [0.2, 0.25) is 0 Å². The zero-order valence-corrected chi connectivity index (χ0v) is 12.7. The van der Waals surface area contributed by atoms with E-state index in [2.05, 4.69) is 34.5 Å². The van der Waals surface area contributed by atoms with E-state index in [1.165, 1.54) is 11.1 Å². The fraction of sp³-hybridized carbons (Fsp3) is 0.389. The molecular formula is C18H24N2O. The zero-order valence-electron chi connectivity index (χ0n) is 12.7. The number of hydrogen-bond donors (Lipinski definition) is 1. The Kier molecular flexibility index (Phi) is 6.22. The number of hydrogen-bond acceptors (Lipinski definition) is 2. The summed E-state index contributed by atoms with van der Waals surface area (Å²) in [6, 6.07) is 8.67. The molecule has 0 saturated heterocycles. The van der Waals surface area contributed by atoms with Crippen molar-refractivity contribution >= 4 is 5.91 Å². The Morgan fingerprint density at radius 3 is 2.90 bits per heavy atom. The van der Waals surface area contributed by atoms with Crippen molar-refractivity contribution in [1.29, 1.82) is 0 Å². The van der Waals surface area contributed by atoms with E-state index in [0.717, 1.165) is 39.0 Å². The second-order valence-corrected chi connectivity index (χ2v) is 5.32. The van der Waals surface area contributed by atoms with Gasteiger partial charge in [0.25, 0.3) is 0 Å². The molecule has 1 aliphatic heterocycles. The van der Waals surface area contributed by atoms with Crippen LogP contribution in [0.25, 0.3) is 0 Å². The van der Waals surface area contributed by atoms with Crippen LogP contribution >= 0.6 is 0 Å². The SMILES string of the molecule is C/C=C/C=C\C(=O)NCCCN1CCc2ccccc2C1. The molecule has 1 aromatic carbocycles. The van der Waals surface area contributed by atoms with Crippen LogP contribution in [0, 0.1) is 0 Å². The number of fused-ring (bicyclic) bond motifs is 1. The molecule has 0 aliphatic carbocycles. The smallest absolute Gasteiger partial charge is 0.243 e. The summed E-state index contributed by atoms with van der Waals surface area (Å²) < 4.78 is 0. The van der Waals surface area contributed by atoms with Crippen LogP contribution in [-0.4, -0.2) is 30.4 Å². The lowest BCUT2D eigenvalue weighted by atomic mass is 10.00. The molecule has 21 heavy (non-hydrogen) atoms. The van der Waals surface area contributed by atoms with Crippen LogP contribution in [0.4, 0.5) is 0 Å². The van der Waals surface area contributed by atoms with Crippen LogP contribution in [0.1, 0.15) is 24.5 Å². The van der Waals surface area contributed by atoms with Gasteiger partial charge in [0.15, 0.2) is 0 Å². The second kappa shape index (κ2) is 8.42. The lowest BCUT2D eigenvalue weighted by molar-refractivity contribution is -0.116. The molecule has 2 rings (SSSR count). The number of allylic oxidation sites excluding steroid dienone is 3. The van der Waals surface area contributed by atoms with Crippen molar-refractivity contribution in [2.75, 3.05) is 19.6 Å². The summed E-state index contributed by atoms with van der Waals surface area (Å²) >= 11 is 0. The van der Waals surface area contributed by atoms with Gasteiger partial charge in [0.05, 0.1) is 0 Å². The van der Waals surface area contributed by atoms with Crippen LogP contribution in [0.5, 0.6) is 0 Å². The summed E-state index contributed by atoms with van der Waals surface area (Å²) in [4.78, 5) is 13.9. The van der Waals surface area contributed by atoms with Gasteiger partial charge in [-0.2, -0.15) is 0 Å². The molecule has 0 bridgehead atoms. The van der Waals surface area contributed by atoms with Gasteiger partial charge in [0.1, 0.15) is 0 Å². The maximum absolute atomic E-state index is 11.5. The molecule has 0 saturated carbocycles. The number of amides is 1. The number of carbonyl (C=O) groups is 1. The van der Waals surface area contributed by atoms with Crippen molar-refractivity contribution < 1.29 is 4.79 Å². The fourth-order valence-corrected chi connectivity index (χ4v) is 2.57. The predicted molar refractivity (Wildman–Crippen MR) is 87.0 cm³/mol. The van der Waals surface area contributed by atoms with Gasteiger partial charge in [-0.25, -0.2) is 0 Å². The molecule has 3 nitrogen and oxygen atoms in total. The molecule has 0 unspecified atom stereocenters. The number of carbonyl (C=O) groups excluding carboxylic acids is 1. The third-order valence-electron chi connectivity index (χ3n) is 3.71. The van der Waals surface area contributed by atoms with E-state index in [4.69, 9.17) is 0 Å². The highest BCUT2D eigenvalue weighted by Crippen LogP contribution is 2.18. The lowest BCUT2D eigenvalue weighted by Crippen LogP contribution is -2.33. The number of benzene rings is 1. The molecule has 3 heteroatoms. The summed E-state index contributed by atoms with van der Waals surface area (Å²) in [5, 5.41) is 2.91. The topological polar surface area (TPSA) is 32.3 Å². The van der Waals surface area contributed by atoms with Gasteiger partial charge in [-0.05, 0) is 30.9 Å². The molecule has 112 valence electrons. The summed E-state index contributed by atoms with van der Waals surface area (Å²) in [6.07, 6.45) is 9.21. The highest BCUT2D eigenvalue weighted by Gasteiger charge is 2.14. The van der Waals surface area contributed by atoms with Crippen molar-refractivity contribution in [3.63, 3.8) is 0 Å². The molecule has 0 spiro atoms. The average molecular weight is 284 g/mol. The molecule has 1 N–H and O–H groups in total. The van der Waals surface area contributed by atoms with E-state index in [1.54, 1.807) is 12.2 Å².